The molecule has 4 fully saturated rings. The van der Waals surface area contributed by atoms with E-state index in [0.717, 1.165) is 13.1 Å². The normalized spacial score (nSPS) is 62.5. The summed E-state index contributed by atoms with van der Waals surface area (Å²) in [4.78, 5) is 2.21. The minimum atomic E-state index is -0.193. The molecular weight excluding hydrogens is 156 g/mol. The van der Waals surface area contributed by atoms with E-state index < -0.39 is 0 Å². The predicted molar refractivity (Wildman–Crippen MR) is 42.8 cm³/mol. The van der Waals surface area contributed by atoms with Gasteiger partial charge in [0, 0.05) is 24.9 Å². The summed E-state index contributed by atoms with van der Waals surface area (Å²) < 4.78 is -0.0631. The Morgan fingerprint density at radius 1 is 1.25 bits per heavy atom. The highest BCUT2D eigenvalue weighted by atomic mass is 16.6. The maximum atomic E-state index is 11.9. The summed E-state index contributed by atoms with van der Waals surface area (Å²) in [7, 11) is 0. The monoisotopic (exact) mass is 170 g/mol. The molecule has 68 valence electrons. The van der Waals surface area contributed by atoms with Gasteiger partial charge >= 0.3 is 0 Å². The van der Waals surface area contributed by atoms with Crippen LogP contribution < -0.4 is 0 Å². The zero-order valence-electron chi connectivity index (χ0n) is 7.02. The van der Waals surface area contributed by atoms with Crippen LogP contribution in [0.15, 0.2) is 0 Å². The fourth-order valence-electron chi connectivity index (χ4n) is 3.19. The lowest BCUT2D eigenvalue weighted by molar-refractivity contribution is -0.919. The lowest BCUT2D eigenvalue weighted by atomic mass is 9.79. The smallest absolute Gasteiger partial charge is 0.134 e. The molecule has 0 radical (unpaired) electrons. The Labute approximate surface area is 71.5 Å². The molecule has 4 aliphatic rings. The van der Waals surface area contributed by atoms with E-state index in [4.69, 9.17) is 0 Å². The molecule has 4 heteroatoms. The third-order valence-corrected chi connectivity index (χ3v) is 3.54. The highest BCUT2D eigenvalue weighted by Gasteiger charge is 2.51. The van der Waals surface area contributed by atoms with Crippen LogP contribution in [0.1, 0.15) is 0 Å². The summed E-state index contributed by atoms with van der Waals surface area (Å²) in [5.41, 5.74) is 0. The highest BCUT2D eigenvalue weighted by molar-refractivity contribution is 4.92. The van der Waals surface area contributed by atoms with Gasteiger partial charge in [0.05, 0.1) is 19.2 Å². The lowest BCUT2D eigenvalue weighted by Crippen LogP contribution is -2.73. The van der Waals surface area contributed by atoms with E-state index in [0.29, 0.717) is 19.8 Å². The second-order valence-electron chi connectivity index (χ2n) is 4.61. The molecule has 4 bridgehead atoms. The molecule has 3 unspecified atom stereocenters. The topological polar surface area (TPSA) is 46.5 Å². The Bertz CT molecular complexity index is 205. The molecule has 0 spiro atoms. The van der Waals surface area contributed by atoms with Crippen molar-refractivity contribution in [1.82, 2.24) is 4.90 Å². The van der Waals surface area contributed by atoms with Crippen molar-refractivity contribution in [3.63, 3.8) is 0 Å². The molecule has 0 amide bonds. The van der Waals surface area contributed by atoms with Gasteiger partial charge in [0.15, 0.2) is 0 Å². The second kappa shape index (κ2) is 2.01. The Kier molecular flexibility index (Phi) is 1.22. The van der Waals surface area contributed by atoms with Gasteiger partial charge < -0.3 is 15.0 Å². The third-order valence-electron chi connectivity index (χ3n) is 3.54. The SMILES string of the molecule is [O-][N+]12C[C@H]3CN(C[C@@H](C1)C3O)C2. The quantitative estimate of drug-likeness (QED) is 0.382. The van der Waals surface area contributed by atoms with Crippen molar-refractivity contribution in [3.05, 3.63) is 5.21 Å². The van der Waals surface area contributed by atoms with Crippen molar-refractivity contribution in [3.8, 4) is 0 Å². The fourth-order valence-corrected chi connectivity index (χ4v) is 3.19. The number of nitrogens with zero attached hydrogens (tertiary/aromatic N) is 2. The summed E-state index contributed by atoms with van der Waals surface area (Å²) in [5.74, 6) is 0.507. The van der Waals surface area contributed by atoms with E-state index in [-0.39, 0.29) is 22.6 Å². The molecule has 0 saturated carbocycles. The summed E-state index contributed by atoms with van der Waals surface area (Å²) in [6.45, 7) is 3.85. The zero-order chi connectivity index (χ0) is 8.34. The molecule has 0 aromatic rings. The Balaban J connectivity index is 1.95. The molecule has 4 saturated heterocycles. The van der Waals surface area contributed by atoms with Gasteiger partial charge in [-0.1, -0.05) is 0 Å². The molecule has 12 heavy (non-hydrogen) atoms. The number of aliphatic hydroxyl groups excluding tert-OH is 1. The fraction of sp³-hybridized carbons (Fsp3) is 1.00. The minimum absolute atomic E-state index is 0.0631. The van der Waals surface area contributed by atoms with E-state index in [1.54, 1.807) is 0 Å². The van der Waals surface area contributed by atoms with Crippen LogP contribution in [0.4, 0.5) is 0 Å². The largest absolute Gasteiger partial charge is 0.632 e. The first-order valence-electron chi connectivity index (χ1n) is 4.64. The van der Waals surface area contributed by atoms with Crippen molar-refractivity contribution < 1.29 is 9.75 Å². The number of aliphatic hydroxyl groups is 1. The first kappa shape index (κ1) is 7.26. The van der Waals surface area contributed by atoms with Gasteiger partial charge in [0.25, 0.3) is 0 Å². The summed E-state index contributed by atoms with van der Waals surface area (Å²) in [5, 5.41) is 21.7. The van der Waals surface area contributed by atoms with E-state index >= 15 is 0 Å². The molecule has 0 aromatic carbocycles. The number of hydrogen-bond acceptors (Lipinski definition) is 3. The predicted octanol–water partition coefficient (Wildman–Crippen LogP) is -0.805. The van der Waals surface area contributed by atoms with Crippen molar-refractivity contribution in [2.24, 2.45) is 11.8 Å². The van der Waals surface area contributed by atoms with Gasteiger partial charge in [-0.2, -0.15) is 0 Å². The Morgan fingerprint density at radius 3 is 2.33 bits per heavy atom. The van der Waals surface area contributed by atoms with Crippen molar-refractivity contribution >= 4 is 0 Å². The van der Waals surface area contributed by atoms with Crippen LogP contribution in [0.25, 0.3) is 0 Å². The molecule has 1 N–H and O–H groups in total. The van der Waals surface area contributed by atoms with Crippen molar-refractivity contribution in [2.75, 3.05) is 32.8 Å². The number of hydroxylamine groups is 3. The molecule has 4 aliphatic heterocycles. The molecule has 4 heterocycles. The minimum Gasteiger partial charge on any atom is -0.632 e. The van der Waals surface area contributed by atoms with Crippen molar-refractivity contribution in [2.45, 2.75) is 6.10 Å². The number of quaternary nitrogens is 1. The maximum Gasteiger partial charge on any atom is 0.134 e. The molecule has 5 atom stereocenters. The summed E-state index contributed by atoms with van der Waals surface area (Å²) in [6.07, 6.45) is -0.193. The summed E-state index contributed by atoms with van der Waals surface area (Å²) >= 11 is 0. The number of hydrogen-bond donors (Lipinski definition) is 1. The van der Waals surface area contributed by atoms with Gasteiger partial charge in [-0.15, -0.1) is 0 Å². The van der Waals surface area contributed by atoms with Crippen LogP contribution in [0.2, 0.25) is 0 Å². The molecule has 0 aliphatic carbocycles. The number of rotatable bonds is 0. The van der Waals surface area contributed by atoms with Gasteiger partial charge in [-0.05, 0) is 0 Å². The van der Waals surface area contributed by atoms with Crippen LogP contribution in [0, 0.1) is 17.0 Å². The van der Waals surface area contributed by atoms with E-state index in [2.05, 4.69) is 4.90 Å². The van der Waals surface area contributed by atoms with Gasteiger partial charge in [0.1, 0.15) is 6.67 Å². The van der Waals surface area contributed by atoms with Crippen LogP contribution in [0.3, 0.4) is 0 Å². The first-order valence-corrected chi connectivity index (χ1v) is 4.64. The van der Waals surface area contributed by atoms with Gasteiger partial charge in [-0.3, -0.25) is 4.90 Å². The van der Waals surface area contributed by atoms with Gasteiger partial charge in [0.2, 0.25) is 0 Å². The highest BCUT2D eigenvalue weighted by Crippen LogP contribution is 2.37. The Hall–Kier alpha value is -0.160. The first-order chi connectivity index (χ1) is 5.66. The molecule has 4 nitrogen and oxygen atoms in total. The average molecular weight is 170 g/mol. The molecular formula is C8H14N2O2. The zero-order valence-corrected chi connectivity index (χ0v) is 7.02. The average Bonchev–Trinajstić information content (AvgIpc) is 1.96. The van der Waals surface area contributed by atoms with Crippen LogP contribution in [0.5, 0.6) is 0 Å². The third kappa shape index (κ3) is 0.808. The van der Waals surface area contributed by atoms with E-state index in [9.17, 15) is 10.3 Å². The van der Waals surface area contributed by atoms with E-state index in [1.807, 2.05) is 0 Å². The number of piperidine rings is 2. The van der Waals surface area contributed by atoms with E-state index in [1.165, 1.54) is 0 Å². The van der Waals surface area contributed by atoms with Crippen molar-refractivity contribution in [1.29, 1.82) is 0 Å². The molecule has 4 rings (SSSR count). The summed E-state index contributed by atoms with van der Waals surface area (Å²) in [6, 6.07) is 0. The van der Waals surface area contributed by atoms with Crippen LogP contribution >= 0.6 is 0 Å². The molecule has 0 aromatic heterocycles. The van der Waals surface area contributed by atoms with Gasteiger partial charge in [-0.25, -0.2) is 0 Å². The lowest BCUT2D eigenvalue weighted by Gasteiger charge is -2.62. The van der Waals surface area contributed by atoms with Crippen LogP contribution in [-0.4, -0.2) is 53.6 Å². The standard InChI is InChI=1S/C8H14N2O2/c11-8-6-1-9-2-7(8)4-10(12,3-6)5-9/h6-8,11H,1-5H2/t6-,7+,8?,10?. The Morgan fingerprint density at radius 2 is 1.83 bits per heavy atom. The van der Waals surface area contributed by atoms with Crippen LogP contribution in [-0.2, 0) is 0 Å². The second-order valence-corrected chi connectivity index (χ2v) is 4.61. The maximum absolute atomic E-state index is 11.9.